The van der Waals surface area contributed by atoms with Gasteiger partial charge in [0.15, 0.2) is 0 Å². The van der Waals surface area contributed by atoms with Crippen molar-refractivity contribution in [1.29, 1.82) is 0 Å². The summed E-state index contributed by atoms with van der Waals surface area (Å²) in [5, 5.41) is 2.82. The minimum absolute atomic E-state index is 0.260. The van der Waals surface area contributed by atoms with Gasteiger partial charge in [-0.15, -0.1) is 0 Å². The van der Waals surface area contributed by atoms with Gasteiger partial charge in [0.1, 0.15) is 11.5 Å². The van der Waals surface area contributed by atoms with Crippen molar-refractivity contribution in [2.24, 2.45) is 0 Å². The number of hydrogen-bond donors (Lipinski definition) is 1. The maximum absolute atomic E-state index is 12.4. The molecule has 0 atom stereocenters. The molecular formula is C18H15N3O3. The van der Waals surface area contributed by atoms with Crippen molar-refractivity contribution >= 4 is 11.6 Å². The minimum atomic E-state index is -0.260. The molecule has 0 saturated heterocycles. The quantitative estimate of drug-likeness (QED) is 0.778. The highest BCUT2D eigenvalue weighted by molar-refractivity contribution is 6.06. The molecule has 2 aromatic carbocycles. The Bertz CT molecular complexity index is 838. The molecule has 1 amide bonds. The third kappa shape index (κ3) is 3.67. The van der Waals surface area contributed by atoms with Gasteiger partial charge in [0.25, 0.3) is 5.91 Å². The zero-order chi connectivity index (χ0) is 16.8. The first kappa shape index (κ1) is 15.5. The Kier molecular flexibility index (Phi) is 4.67. The topological polar surface area (TPSA) is 73.3 Å². The third-order valence-corrected chi connectivity index (χ3v) is 3.21. The Balaban J connectivity index is 1.76. The van der Waals surface area contributed by atoms with E-state index in [9.17, 15) is 4.79 Å². The predicted molar refractivity (Wildman–Crippen MR) is 89.5 cm³/mol. The Morgan fingerprint density at radius 1 is 1.08 bits per heavy atom. The van der Waals surface area contributed by atoms with E-state index < -0.39 is 0 Å². The number of amides is 1. The lowest BCUT2D eigenvalue weighted by Gasteiger charge is -2.10. The number of carbonyl (C=O) groups excluding carboxylic acids is 1. The molecule has 0 fully saturated rings. The molecule has 1 aromatic heterocycles. The minimum Gasteiger partial charge on any atom is -0.496 e. The standard InChI is InChI=1S/C18H15N3O3/c1-23-16-8-3-2-7-15(16)18(22)21-13-5-4-6-14(11-13)24-17-12-19-9-10-20-17/h2-12H,1H3,(H,21,22). The smallest absolute Gasteiger partial charge is 0.259 e. The number of nitrogens with zero attached hydrogens (tertiary/aromatic N) is 2. The molecule has 1 N–H and O–H groups in total. The Hall–Kier alpha value is -3.41. The van der Waals surface area contributed by atoms with Crippen LogP contribution in [0.3, 0.4) is 0 Å². The van der Waals surface area contributed by atoms with E-state index in [2.05, 4.69) is 15.3 Å². The van der Waals surface area contributed by atoms with Gasteiger partial charge < -0.3 is 14.8 Å². The predicted octanol–water partition coefficient (Wildman–Crippen LogP) is 3.53. The molecular weight excluding hydrogens is 306 g/mol. The van der Waals surface area contributed by atoms with Gasteiger partial charge in [0.05, 0.1) is 18.9 Å². The molecule has 0 spiro atoms. The number of rotatable bonds is 5. The number of methoxy groups -OCH3 is 1. The van der Waals surface area contributed by atoms with Crippen LogP contribution in [0.5, 0.6) is 17.4 Å². The molecule has 0 radical (unpaired) electrons. The maximum atomic E-state index is 12.4. The van der Waals surface area contributed by atoms with Crippen LogP contribution in [0.1, 0.15) is 10.4 Å². The molecule has 6 nitrogen and oxygen atoms in total. The summed E-state index contributed by atoms with van der Waals surface area (Å²) in [4.78, 5) is 20.4. The van der Waals surface area contributed by atoms with E-state index in [-0.39, 0.29) is 5.91 Å². The summed E-state index contributed by atoms with van der Waals surface area (Å²) < 4.78 is 10.8. The number of nitrogens with one attached hydrogen (secondary N) is 1. The number of ether oxygens (including phenoxy) is 2. The summed E-state index contributed by atoms with van der Waals surface area (Å²) in [5.41, 5.74) is 1.06. The van der Waals surface area contributed by atoms with Crippen LogP contribution in [0.15, 0.2) is 67.1 Å². The van der Waals surface area contributed by atoms with Crippen molar-refractivity contribution in [3.8, 4) is 17.4 Å². The third-order valence-electron chi connectivity index (χ3n) is 3.21. The van der Waals surface area contributed by atoms with Gasteiger partial charge in [-0.25, -0.2) is 4.98 Å². The molecule has 0 aliphatic carbocycles. The first-order valence-corrected chi connectivity index (χ1v) is 7.24. The fraction of sp³-hybridized carbons (Fsp3) is 0.0556. The lowest BCUT2D eigenvalue weighted by atomic mass is 10.2. The molecule has 24 heavy (non-hydrogen) atoms. The summed E-state index contributed by atoms with van der Waals surface area (Å²) in [7, 11) is 1.53. The second-order valence-electron chi connectivity index (χ2n) is 4.83. The number of aromatic nitrogens is 2. The molecule has 120 valence electrons. The largest absolute Gasteiger partial charge is 0.496 e. The van der Waals surface area contributed by atoms with Crippen LogP contribution < -0.4 is 14.8 Å². The number of anilines is 1. The van der Waals surface area contributed by atoms with Gasteiger partial charge in [-0.2, -0.15) is 0 Å². The second kappa shape index (κ2) is 7.23. The average molecular weight is 321 g/mol. The Labute approximate surface area is 139 Å². The summed E-state index contributed by atoms with van der Waals surface area (Å²) in [6.07, 6.45) is 4.62. The van der Waals surface area contributed by atoms with Gasteiger partial charge in [0.2, 0.25) is 5.88 Å². The highest BCUT2D eigenvalue weighted by Gasteiger charge is 2.12. The first-order chi connectivity index (χ1) is 11.8. The molecule has 0 aliphatic heterocycles. The van der Waals surface area contributed by atoms with Gasteiger partial charge in [-0.3, -0.25) is 9.78 Å². The van der Waals surface area contributed by atoms with Crippen molar-refractivity contribution in [3.05, 3.63) is 72.7 Å². The van der Waals surface area contributed by atoms with E-state index >= 15 is 0 Å². The van der Waals surface area contributed by atoms with Crippen LogP contribution in [0.2, 0.25) is 0 Å². The van der Waals surface area contributed by atoms with E-state index in [1.807, 2.05) is 6.07 Å². The van der Waals surface area contributed by atoms with Crippen LogP contribution in [-0.2, 0) is 0 Å². The number of para-hydroxylation sites is 1. The molecule has 0 saturated carbocycles. The van der Waals surface area contributed by atoms with Gasteiger partial charge in [0, 0.05) is 24.1 Å². The molecule has 3 aromatic rings. The summed E-state index contributed by atoms with van der Waals surface area (Å²) in [6.45, 7) is 0. The Morgan fingerprint density at radius 3 is 2.75 bits per heavy atom. The second-order valence-corrected chi connectivity index (χ2v) is 4.83. The summed E-state index contributed by atoms with van der Waals surface area (Å²) >= 11 is 0. The monoisotopic (exact) mass is 321 g/mol. The van der Waals surface area contributed by atoms with Crippen molar-refractivity contribution in [2.45, 2.75) is 0 Å². The van der Waals surface area contributed by atoms with Crippen LogP contribution in [-0.4, -0.2) is 23.0 Å². The SMILES string of the molecule is COc1ccccc1C(=O)Nc1cccc(Oc2cnccn2)c1. The van der Waals surface area contributed by atoms with Gasteiger partial charge in [-0.05, 0) is 24.3 Å². The molecule has 6 heteroatoms. The normalized spacial score (nSPS) is 10.0. The summed E-state index contributed by atoms with van der Waals surface area (Å²) in [6, 6.07) is 14.1. The molecule has 0 aliphatic rings. The first-order valence-electron chi connectivity index (χ1n) is 7.24. The zero-order valence-electron chi connectivity index (χ0n) is 13.0. The lowest BCUT2D eigenvalue weighted by molar-refractivity contribution is 0.102. The van der Waals surface area contributed by atoms with Gasteiger partial charge >= 0.3 is 0 Å². The number of hydrogen-bond acceptors (Lipinski definition) is 5. The van der Waals surface area contributed by atoms with E-state index in [0.717, 1.165) is 0 Å². The van der Waals surface area contributed by atoms with E-state index in [1.54, 1.807) is 54.9 Å². The molecule has 0 unspecified atom stereocenters. The fourth-order valence-corrected chi connectivity index (χ4v) is 2.13. The maximum Gasteiger partial charge on any atom is 0.259 e. The highest BCUT2D eigenvalue weighted by Crippen LogP contribution is 2.24. The average Bonchev–Trinajstić information content (AvgIpc) is 2.63. The highest BCUT2D eigenvalue weighted by atomic mass is 16.5. The van der Waals surface area contributed by atoms with Crippen LogP contribution in [0, 0.1) is 0 Å². The van der Waals surface area contributed by atoms with Crippen molar-refractivity contribution in [2.75, 3.05) is 12.4 Å². The Morgan fingerprint density at radius 2 is 1.96 bits per heavy atom. The lowest BCUT2D eigenvalue weighted by Crippen LogP contribution is -2.13. The van der Waals surface area contributed by atoms with Crippen LogP contribution >= 0.6 is 0 Å². The van der Waals surface area contributed by atoms with E-state index in [0.29, 0.717) is 28.6 Å². The van der Waals surface area contributed by atoms with E-state index in [1.165, 1.54) is 13.3 Å². The zero-order valence-corrected chi connectivity index (χ0v) is 13.0. The number of benzene rings is 2. The molecule has 0 bridgehead atoms. The van der Waals surface area contributed by atoms with Crippen molar-refractivity contribution in [1.82, 2.24) is 9.97 Å². The van der Waals surface area contributed by atoms with Crippen molar-refractivity contribution < 1.29 is 14.3 Å². The molecule has 1 heterocycles. The van der Waals surface area contributed by atoms with E-state index in [4.69, 9.17) is 9.47 Å². The van der Waals surface area contributed by atoms with Gasteiger partial charge in [-0.1, -0.05) is 18.2 Å². The summed E-state index contributed by atoms with van der Waals surface area (Å²) in [5.74, 6) is 1.19. The number of carbonyl (C=O) groups is 1. The molecule has 3 rings (SSSR count). The van der Waals surface area contributed by atoms with Crippen molar-refractivity contribution in [3.63, 3.8) is 0 Å². The van der Waals surface area contributed by atoms with Crippen LogP contribution in [0.4, 0.5) is 5.69 Å². The van der Waals surface area contributed by atoms with Crippen LogP contribution in [0.25, 0.3) is 0 Å². The fourth-order valence-electron chi connectivity index (χ4n) is 2.13.